The van der Waals surface area contributed by atoms with Crippen molar-refractivity contribution in [3.05, 3.63) is 59.6 Å². The lowest BCUT2D eigenvalue weighted by molar-refractivity contribution is -0.119. The van der Waals surface area contributed by atoms with Crippen LogP contribution < -0.4 is 14.5 Å². The molecule has 0 aliphatic heterocycles. The van der Waals surface area contributed by atoms with E-state index < -0.39 is 10.0 Å². The molecule has 0 aliphatic rings. The number of rotatable bonds is 9. The monoisotopic (exact) mass is 409 g/mol. The molecule has 0 saturated carbocycles. The summed E-state index contributed by atoms with van der Waals surface area (Å²) in [6.07, 6.45) is 1.82. The van der Waals surface area contributed by atoms with E-state index in [-0.39, 0.29) is 12.5 Å². The number of para-hydroxylation sites is 1. The van der Waals surface area contributed by atoms with E-state index in [0.717, 1.165) is 29.2 Å². The summed E-state index contributed by atoms with van der Waals surface area (Å²) in [5, 5.41) is 3.27. The predicted octanol–water partition coefficient (Wildman–Crippen LogP) is 2.75. The number of carbonyl (C=O) groups is 1. The zero-order chi connectivity index (χ0) is 19.9. The van der Waals surface area contributed by atoms with E-state index in [1.54, 1.807) is 24.3 Å². The Labute approximate surface area is 165 Å². The molecule has 8 heteroatoms. The van der Waals surface area contributed by atoms with Gasteiger partial charge in [-0.15, -0.1) is 0 Å². The average Bonchev–Trinajstić information content (AvgIpc) is 2.64. The third-order valence-corrected chi connectivity index (χ3v) is 5.38. The molecule has 0 heterocycles. The van der Waals surface area contributed by atoms with E-state index >= 15 is 0 Å². The minimum atomic E-state index is -3.58. The summed E-state index contributed by atoms with van der Waals surface area (Å²) in [6, 6.07) is 16.3. The van der Waals surface area contributed by atoms with Gasteiger partial charge in [0.25, 0.3) is 0 Å². The van der Waals surface area contributed by atoms with E-state index in [0.29, 0.717) is 17.3 Å². The van der Waals surface area contributed by atoms with Gasteiger partial charge >= 0.3 is 0 Å². The van der Waals surface area contributed by atoms with Gasteiger partial charge in [0.15, 0.2) is 0 Å². The number of sulfonamides is 1. The zero-order valence-electron chi connectivity index (χ0n) is 15.4. The Bertz CT molecular complexity index is 842. The fourth-order valence-electron chi connectivity index (χ4n) is 2.55. The average molecular weight is 410 g/mol. The minimum Gasteiger partial charge on any atom is -0.375 e. The van der Waals surface area contributed by atoms with Crippen LogP contribution in [0.5, 0.6) is 0 Å². The summed E-state index contributed by atoms with van der Waals surface area (Å²) < 4.78 is 25.1. The van der Waals surface area contributed by atoms with Gasteiger partial charge in [0, 0.05) is 30.8 Å². The Kier molecular flexibility index (Phi) is 7.50. The first kappa shape index (κ1) is 21.1. The van der Waals surface area contributed by atoms with Crippen LogP contribution in [0.25, 0.3) is 0 Å². The molecule has 27 heavy (non-hydrogen) atoms. The smallest absolute Gasteiger partial charge is 0.240 e. The van der Waals surface area contributed by atoms with Crippen LogP contribution in [0.15, 0.2) is 54.6 Å². The number of hydrogen-bond acceptors (Lipinski definition) is 4. The van der Waals surface area contributed by atoms with Gasteiger partial charge in [0.1, 0.15) is 6.54 Å². The largest absolute Gasteiger partial charge is 0.375 e. The molecule has 0 aromatic heterocycles. The molecule has 2 aromatic rings. The van der Waals surface area contributed by atoms with Crippen molar-refractivity contribution in [2.45, 2.75) is 6.42 Å². The highest BCUT2D eigenvalue weighted by atomic mass is 35.5. The molecule has 0 aliphatic carbocycles. The van der Waals surface area contributed by atoms with Crippen molar-refractivity contribution in [1.82, 2.24) is 5.32 Å². The van der Waals surface area contributed by atoms with Gasteiger partial charge in [-0.1, -0.05) is 29.8 Å². The maximum absolute atomic E-state index is 12.2. The third kappa shape index (κ3) is 6.77. The maximum atomic E-state index is 12.2. The topological polar surface area (TPSA) is 69.7 Å². The summed E-state index contributed by atoms with van der Waals surface area (Å²) in [7, 11) is -1.60. The second-order valence-electron chi connectivity index (χ2n) is 6.21. The molecule has 0 unspecified atom stereocenters. The van der Waals surface area contributed by atoms with Gasteiger partial charge in [0.05, 0.1) is 11.9 Å². The van der Waals surface area contributed by atoms with Crippen LogP contribution in [0.3, 0.4) is 0 Å². The Morgan fingerprint density at radius 2 is 1.67 bits per heavy atom. The molecule has 146 valence electrons. The molecule has 0 saturated heterocycles. The van der Waals surface area contributed by atoms with Crippen molar-refractivity contribution in [2.75, 3.05) is 42.1 Å². The van der Waals surface area contributed by atoms with E-state index in [4.69, 9.17) is 11.6 Å². The van der Waals surface area contributed by atoms with Crippen molar-refractivity contribution in [3.8, 4) is 0 Å². The second kappa shape index (κ2) is 9.62. The molecular weight excluding hydrogens is 386 g/mol. The quantitative estimate of drug-likeness (QED) is 0.646. The first-order chi connectivity index (χ1) is 12.8. The van der Waals surface area contributed by atoms with Gasteiger partial charge in [-0.2, -0.15) is 0 Å². The molecule has 0 spiro atoms. The second-order valence-corrected chi connectivity index (χ2v) is 8.55. The summed E-state index contributed by atoms with van der Waals surface area (Å²) in [5.41, 5.74) is 1.51. The van der Waals surface area contributed by atoms with Gasteiger partial charge in [0.2, 0.25) is 15.9 Å². The van der Waals surface area contributed by atoms with Crippen LogP contribution in [0.1, 0.15) is 6.42 Å². The number of amides is 1. The number of halogens is 1. The highest BCUT2D eigenvalue weighted by Crippen LogP contribution is 2.20. The first-order valence-corrected chi connectivity index (χ1v) is 10.8. The minimum absolute atomic E-state index is 0.269. The van der Waals surface area contributed by atoms with Gasteiger partial charge in [-0.3, -0.25) is 9.10 Å². The molecule has 2 aromatic carbocycles. The van der Waals surface area contributed by atoms with Crippen LogP contribution in [0.4, 0.5) is 11.4 Å². The highest BCUT2D eigenvalue weighted by molar-refractivity contribution is 7.92. The number of anilines is 2. The van der Waals surface area contributed by atoms with Crippen LogP contribution in [0.2, 0.25) is 5.02 Å². The van der Waals surface area contributed by atoms with Crippen molar-refractivity contribution in [1.29, 1.82) is 0 Å². The van der Waals surface area contributed by atoms with Crippen molar-refractivity contribution >= 4 is 38.9 Å². The van der Waals surface area contributed by atoms with Gasteiger partial charge in [-0.25, -0.2) is 8.42 Å². The lowest BCUT2D eigenvalue weighted by Crippen LogP contribution is -2.41. The van der Waals surface area contributed by atoms with E-state index in [2.05, 4.69) is 10.2 Å². The summed E-state index contributed by atoms with van der Waals surface area (Å²) in [4.78, 5) is 14.3. The first-order valence-electron chi connectivity index (χ1n) is 8.53. The maximum Gasteiger partial charge on any atom is 0.240 e. The standard InChI is InChI=1S/C19H24ClN3O3S/c1-22(17-7-4-3-5-8-17)14-6-13-21-19(24)15-23(27(2,25)26)18-11-9-16(20)10-12-18/h3-5,7-12H,6,13-15H2,1-2H3,(H,21,24). The Morgan fingerprint density at radius 3 is 2.26 bits per heavy atom. The summed E-state index contributed by atoms with van der Waals surface area (Å²) >= 11 is 5.84. The Balaban J connectivity index is 1.84. The number of nitrogens with zero attached hydrogens (tertiary/aromatic N) is 2. The van der Waals surface area contributed by atoms with Crippen LogP contribution in [-0.4, -0.2) is 47.3 Å². The molecule has 0 radical (unpaired) electrons. The lowest BCUT2D eigenvalue weighted by Gasteiger charge is -2.22. The fraction of sp³-hybridized carbons (Fsp3) is 0.316. The third-order valence-electron chi connectivity index (χ3n) is 3.99. The normalized spacial score (nSPS) is 11.1. The lowest BCUT2D eigenvalue weighted by atomic mass is 10.3. The Hall–Kier alpha value is -2.25. The number of benzene rings is 2. The van der Waals surface area contributed by atoms with Gasteiger partial charge < -0.3 is 10.2 Å². The summed E-state index contributed by atoms with van der Waals surface area (Å²) in [6.45, 7) is 0.973. The molecule has 0 atom stereocenters. The molecule has 0 bridgehead atoms. The number of carbonyl (C=O) groups excluding carboxylic acids is 1. The molecule has 0 fully saturated rings. The molecular formula is C19H24ClN3O3S. The van der Waals surface area contributed by atoms with Crippen LogP contribution in [0, 0.1) is 0 Å². The van der Waals surface area contributed by atoms with Crippen molar-refractivity contribution < 1.29 is 13.2 Å². The number of nitrogens with one attached hydrogen (secondary N) is 1. The fourth-order valence-corrected chi connectivity index (χ4v) is 3.53. The van der Waals surface area contributed by atoms with Crippen LogP contribution in [-0.2, 0) is 14.8 Å². The predicted molar refractivity (Wildman–Crippen MR) is 111 cm³/mol. The van der Waals surface area contributed by atoms with Crippen molar-refractivity contribution in [2.24, 2.45) is 0 Å². The molecule has 6 nitrogen and oxygen atoms in total. The van der Waals surface area contributed by atoms with Crippen molar-refractivity contribution in [3.63, 3.8) is 0 Å². The SMILES string of the molecule is CN(CCCNC(=O)CN(c1ccc(Cl)cc1)S(C)(=O)=O)c1ccccc1. The molecule has 2 rings (SSSR count). The Morgan fingerprint density at radius 1 is 1.04 bits per heavy atom. The van der Waals surface area contributed by atoms with Gasteiger partial charge in [-0.05, 0) is 42.8 Å². The van der Waals surface area contributed by atoms with E-state index in [9.17, 15) is 13.2 Å². The summed E-state index contributed by atoms with van der Waals surface area (Å²) in [5.74, 6) is -0.349. The highest BCUT2D eigenvalue weighted by Gasteiger charge is 2.20. The molecule has 1 amide bonds. The molecule has 1 N–H and O–H groups in total. The van der Waals surface area contributed by atoms with E-state index in [1.807, 2.05) is 37.4 Å². The zero-order valence-corrected chi connectivity index (χ0v) is 17.0. The van der Waals surface area contributed by atoms with Crippen LogP contribution >= 0.6 is 11.6 Å². The number of hydrogen-bond donors (Lipinski definition) is 1. The van der Waals surface area contributed by atoms with E-state index in [1.165, 1.54) is 0 Å².